The largest absolute Gasteiger partial charge is 0.382 e. The number of nitrogens with one attached hydrogen (secondary N) is 1. The number of hydrogen-bond donors (Lipinski definition) is 1. The van der Waals surface area contributed by atoms with Crippen LogP contribution in [0.5, 0.6) is 0 Å². The molecule has 0 unspecified atom stereocenters. The van der Waals surface area contributed by atoms with Crippen LogP contribution in [0.25, 0.3) is 5.82 Å². The number of rotatable bonds is 7. The molecule has 5 heteroatoms. The molecular formula is C13H18N4S. The van der Waals surface area contributed by atoms with Crippen LogP contribution in [0.4, 0.5) is 5.69 Å². The lowest BCUT2D eigenvalue weighted by Crippen LogP contribution is -2.08. The molecule has 0 aliphatic rings. The summed E-state index contributed by atoms with van der Waals surface area (Å²) in [4.78, 5) is 4.37. The van der Waals surface area contributed by atoms with Crippen LogP contribution >= 0.6 is 11.8 Å². The Morgan fingerprint density at radius 2 is 2.28 bits per heavy atom. The van der Waals surface area contributed by atoms with E-state index in [1.54, 1.807) is 17.1 Å². The Balaban J connectivity index is 1.96. The van der Waals surface area contributed by atoms with Crippen molar-refractivity contribution < 1.29 is 0 Å². The maximum atomic E-state index is 4.37. The average Bonchev–Trinajstić information content (AvgIpc) is 2.93. The molecule has 0 aliphatic carbocycles. The molecule has 0 saturated heterocycles. The Labute approximate surface area is 112 Å². The maximum absolute atomic E-state index is 4.37. The van der Waals surface area contributed by atoms with E-state index in [9.17, 15) is 0 Å². The van der Waals surface area contributed by atoms with Gasteiger partial charge in [0, 0.05) is 25.1 Å². The van der Waals surface area contributed by atoms with E-state index in [0.717, 1.165) is 24.5 Å². The zero-order valence-electron chi connectivity index (χ0n) is 10.5. The summed E-state index contributed by atoms with van der Waals surface area (Å²) in [6, 6.07) is 5.88. The van der Waals surface area contributed by atoms with Crippen LogP contribution in [0, 0.1) is 0 Å². The molecule has 2 aromatic heterocycles. The lowest BCUT2D eigenvalue weighted by Gasteiger charge is -2.10. The first kappa shape index (κ1) is 13.0. The molecule has 0 fully saturated rings. The first-order valence-electron chi connectivity index (χ1n) is 6.18. The minimum Gasteiger partial charge on any atom is -0.382 e. The summed E-state index contributed by atoms with van der Waals surface area (Å²) >= 11 is 1.97. The second kappa shape index (κ2) is 7.06. The molecule has 2 aromatic rings. The number of pyridine rings is 1. The molecule has 4 nitrogen and oxygen atoms in total. The van der Waals surface area contributed by atoms with Crippen LogP contribution in [0.3, 0.4) is 0 Å². The maximum Gasteiger partial charge on any atom is 0.176 e. The standard InChI is InChI=1S/C13H18N4S/c1-2-18-11-5-8-14-12-6-3-7-15-13(12)17-10-4-9-16-17/h3-4,6-7,9-10,14H,2,5,8,11H2,1H3. The van der Waals surface area contributed by atoms with Crippen molar-refractivity contribution in [3.63, 3.8) is 0 Å². The van der Waals surface area contributed by atoms with E-state index in [1.165, 1.54) is 11.5 Å². The highest BCUT2D eigenvalue weighted by Crippen LogP contribution is 2.16. The third-order valence-electron chi connectivity index (χ3n) is 2.49. The van der Waals surface area contributed by atoms with Gasteiger partial charge in [0.2, 0.25) is 0 Å². The zero-order chi connectivity index (χ0) is 12.6. The molecule has 0 radical (unpaired) electrons. The van der Waals surface area contributed by atoms with Crippen LogP contribution in [0.15, 0.2) is 36.8 Å². The fourth-order valence-electron chi connectivity index (χ4n) is 1.65. The van der Waals surface area contributed by atoms with Crippen molar-refractivity contribution in [2.45, 2.75) is 13.3 Å². The van der Waals surface area contributed by atoms with Crippen molar-refractivity contribution in [1.82, 2.24) is 14.8 Å². The predicted molar refractivity (Wildman–Crippen MR) is 77.5 cm³/mol. The highest BCUT2D eigenvalue weighted by Gasteiger charge is 2.04. The predicted octanol–water partition coefficient (Wildman–Crippen LogP) is 2.82. The summed E-state index contributed by atoms with van der Waals surface area (Å²) < 4.78 is 1.78. The molecule has 1 N–H and O–H groups in total. The first-order chi connectivity index (χ1) is 8.92. The number of anilines is 1. The van der Waals surface area contributed by atoms with E-state index in [-0.39, 0.29) is 0 Å². The fraction of sp³-hybridized carbons (Fsp3) is 0.385. The smallest absolute Gasteiger partial charge is 0.176 e. The Kier molecular flexibility index (Phi) is 5.08. The van der Waals surface area contributed by atoms with Gasteiger partial charge in [-0.1, -0.05) is 6.92 Å². The molecule has 0 amide bonds. The molecule has 2 heterocycles. The topological polar surface area (TPSA) is 42.7 Å². The molecule has 0 aromatic carbocycles. The Hall–Kier alpha value is -1.49. The van der Waals surface area contributed by atoms with Gasteiger partial charge in [0.15, 0.2) is 5.82 Å². The lowest BCUT2D eigenvalue weighted by molar-refractivity contribution is 0.844. The Morgan fingerprint density at radius 1 is 1.33 bits per heavy atom. The quantitative estimate of drug-likeness (QED) is 0.779. The van der Waals surface area contributed by atoms with Crippen LogP contribution in [-0.2, 0) is 0 Å². The van der Waals surface area contributed by atoms with Gasteiger partial charge in [0.05, 0.1) is 5.69 Å². The molecule has 0 saturated carbocycles. The van der Waals surface area contributed by atoms with Gasteiger partial charge >= 0.3 is 0 Å². The molecule has 18 heavy (non-hydrogen) atoms. The molecule has 0 spiro atoms. The average molecular weight is 262 g/mol. The molecule has 0 aliphatic heterocycles. The molecule has 2 rings (SSSR count). The van der Waals surface area contributed by atoms with Crippen molar-refractivity contribution in [2.75, 3.05) is 23.4 Å². The SMILES string of the molecule is CCSCCCNc1cccnc1-n1cccn1. The van der Waals surface area contributed by atoms with Gasteiger partial charge < -0.3 is 5.32 Å². The van der Waals surface area contributed by atoms with Crippen molar-refractivity contribution in [3.05, 3.63) is 36.8 Å². The summed E-state index contributed by atoms with van der Waals surface area (Å²) in [7, 11) is 0. The monoisotopic (exact) mass is 262 g/mol. The number of hydrogen-bond acceptors (Lipinski definition) is 4. The highest BCUT2D eigenvalue weighted by molar-refractivity contribution is 7.99. The van der Waals surface area contributed by atoms with Crippen LogP contribution in [0.2, 0.25) is 0 Å². The van der Waals surface area contributed by atoms with Gasteiger partial charge in [-0.25, -0.2) is 9.67 Å². The van der Waals surface area contributed by atoms with Gasteiger partial charge in [0.1, 0.15) is 0 Å². The normalized spacial score (nSPS) is 10.5. The van der Waals surface area contributed by atoms with Crippen molar-refractivity contribution in [2.24, 2.45) is 0 Å². The van der Waals surface area contributed by atoms with E-state index in [2.05, 4.69) is 22.3 Å². The zero-order valence-corrected chi connectivity index (χ0v) is 11.4. The van der Waals surface area contributed by atoms with E-state index in [4.69, 9.17) is 0 Å². The number of aromatic nitrogens is 3. The third-order valence-corrected chi connectivity index (χ3v) is 3.48. The van der Waals surface area contributed by atoms with Gasteiger partial charge in [0.25, 0.3) is 0 Å². The molecular weight excluding hydrogens is 244 g/mol. The third kappa shape index (κ3) is 3.50. The van der Waals surface area contributed by atoms with Crippen LogP contribution in [0.1, 0.15) is 13.3 Å². The Morgan fingerprint density at radius 3 is 3.06 bits per heavy atom. The second-order valence-electron chi connectivity index (χ2n) is 3.80. The van der Waals surface area contributed by atoms with Gasteiger partial charge in [-0.05, 0) is 36.1 Å². The summed E-state index contributed by atoms with van der Waals surface area (Å²) in [5, 5.41) is 7.64. The van der Waals surface area contributed by atoms with E-state index >= 15 is 0 Å². The van der Waals surface area contributed by atoms with Crippen LogP contribution in [-0.4, -0.2) is 32.8 Å². The number of nitrogens with zero attached hydrogens (tertiary/aromatic N) is 3. The molecule has 0 bridgehead atoms. The Bertz CT molecular complexity index is 456. The van der Waals surface area contributed by atoms with E-state index in [0.29, 0.717) is 0 Å². The van der Waals surface area contributed by atoms with E-state index < -0.39 is 0 Å². The van der Waals surface area contributed by atoms with Gasteiger partial charge in [-0.2, -0.15) is 16.9 Å². The van der Waals surface area contributed by atoms with Gasteiger partial charge in [-0.15, -0.1) is 0 Å². The lowest BCUT2D eigenvalue weighted by atomic mass is 10.3. The minimum atomic E-state index is 0.852. The van der Waals surface area contributed by atoms with Crippen molar-refractivity contribution in [3.8, 4) is 5.82 Å². The van der Waals surface area contributed by atoms with Gasteiger partial charge in [-0.3, -0.25) is 0 Å². The fourth-order valence-corrected chi connectivity index (χ4v) is 2.29. The summed E-state index contributed by atoms with van der Waals surface area (Å²) in [5.41, 5.74) is 1.03. The summed E-state index contributed by atoms with van der Waals surface area (Å²) in [5.74, 6) is 3.23. The minimum absolute atomic E-state index is 0.852. The van der Waals surface area contributed by atoms with E-state index in [1.807, 2.05) is 36.2 Å². The highest BCUT2D eigenvalue weighted by atomic mass is 32.2. The van der Waals surface area contributed by atoms with Crippen LogP contribution < -0.4 is 5.32 Å². The van der Waals surface area contributed by atoms with Crippen molar-refractivity contribution >= 4 is 17.4 Å². The first-order valence-corrected chi connectivity index (χ1v) is 7.34. The molecule has 0 atom stereocenters. The second-order valence-corrected chi connectivity index (χ2v) is 5.20. The van der Waals surface area contributed by atoms with Crippen molar-refractivity contribution in [1.29, 1.82) is 0 Å². The summed E-state index contributed by atoms with van der Waals surface area (Å²) in [6.07, 6.45) is 6.61. The molecule has 96 valence electrons. The number of thioether (sulfide) groups is 1. The summed E-state index contributed by atoms with van der Waals surface area (Å²) in [6.45, 7) is 3.15.